The molecule has 4 nitrogen and oxygen atoms in total. The van der Waals surface area contributed by atoms with Gasteiger partial charge in [-0.25, -0.2) is 8.42 Å². The van der Waals surface area contributed by atoms with Gasteiger partial charge in [-0.3, -0.25) is 0 Å². The molecule has 3 atom stereocenters. The number of aliphatic hydroxyl groups excluding tert-OH is 1. The molecular weight excluding hydrogens is 495 g/mol. The monoisotopic (exact) mass is 515 g/mol. The van der Waals surface area contributed by atoms with Crippen molar-refractivity contribution < 1.29 is 26.7 Å². The Balaban J connectivity index is 1.69. The fourth-order valence-electron chi connectivity index (χ4n) is 4.70. The van der Waals surface area contributed by atoms with Crippen LogP contribution in [-0.2, 0) is 16.2 Å². The second kappa shape index (κ2) is 8.26. The van der Waals surface area contributed by atoms with Crippen molar-refractivity contribution in [3.63, 3.8) is 0 Å². The van der Waals surface area contributed by atoms with Crippen LogP contribution < -0.4 is 0 Å². The average Bonchev–Trinajstić information content (AvgIpc) is 2.72. The van der Waals surface area contributed by atoms with Crippen LogP contribution in [0.15, 0.2) is 69.7 Å². The molecule has 2 aromatic rings. The lowest BCUT2D eigenvalue weighted by Gasteiger charge is -2.48. The predicted molar refractivity (Wildman–Crippen MR) is 114 cm³/mol. The third-order valence-corrected chi connectivity index (χ3v) is 8.64. The number of piperidine rings is 2. The number of rotatable bonds is 3. The van der Waals surface area contributed by atoms with Gasteiger partial charge in [-0.2, -0.15) is 17.5 Å². The molecule has 9 heteroatoms. The lowest BCUT2D eigenvalue weighted by atomic mass is 9.75. The van der Waals surface area contributed by atoms with E-state index in [9.17, 15) is 26.7 Å². The first-order valence-corrected chi connectivity index (χ1v) is 12.1. The van der Waals surface area contributed by atoms with E-state index < -0.39 is 27.8 Å². The molecule has 166 valence electrons. The number of hydrogen-bond acceptors (Lipinski definition) is 3. The van der Waals surface area contributed by atoms with Crippen LogP contribution in [0.1, 0.15) is 42.7 Å². The van der Waals surface area contributed by atoms with E-state index in [1.54, 1.807) is 0 Å². The van der Waals surface area contributed by atoms with E-state index in [1.165, 1.54) is 4.31 Å². The zero-order valence-electron chi connectivity index (χ0n) is 16.4. The van der Waals surface area contributed by atoms with Gasteiger partial charge >= 0.3 is 6.18 Å². The Morgan fingerprint density at radius 1 is 1.10 bits per heavy atom. The van der Waals surface area contributed by atoms with Crippen LogP contribution in [0.3, 0.4) is 0 Å². The zero-order valence-corrected chi connectivity index (χ0v) is 18.8. The molecule has 2 aliphatic rings. The molecule has 2 bridgehead atoms. The van der Waals surface area contributed by atoms with E-state index in [2.05, 4.69) is 15.9 Å². The minimum atomic E-state index is -4.53. The highest BCUT2D eigenvalue weighted by atomic mass is 79.9. The summed E-state index contributed by atoms with van der Waals surface area (Å²) in [4.78, 5) is -0.171. The van der Waals surface area contributed by atoms with Gasteiger partial charge in [0.2, 0.25) is 10.0 Å². The summed E-state index contributed by atoms with van der Waals surface area (Å²) < 4.78 is 67.9. The fourth-order valence-corrected chi connectivity index (χ4v) is 6.98. The molecular formula is C22H21BrF3NO3S. The molecule has 3 unspecified atom stereocenters. The number of nitrogens with zero attached hydrogens (tertiary/aromatic N) is 1. The lowest BCUT2D eigenvalue weighted by molar-refractivity contribution is -0.137. The smallest absolute Gasteiger partial charge is 0.416 e. The molecule has 0 aromatic heterocycles. The maximum atomic E-state index is 13.4. The number of alkyl halides is 3. The summed E-state index contributed by atoms with van der Waals surface area (Å²) in [6, 6.07) is 10.7. The number of aliphatic hydroxyl groups is 1. The number of fused-ring (bicyclic) bond motifs is 2. The van der Waals surface area contributed by atoms with Gasteiger partial charge in [-0.05, 0) is 79.1 Å². The van der Waals surface area contributed by atoms with Crippen LogP contribution in [0.25, 0.3) is 0 Å². The van der Waals surface area contributed by atoms with Crippen molar-refractivity contribution in [1.82, 2.24) is 4.31 Å². The Kier molecular flexibility index (Phi) is 5.95. The highest BCUT2D eigenvalue weighted by Crippen LogP contribution is 2.46. The maximum Gasteiger partial charge on any atom is 0.416 e. The molecule has 0 saturated carbocycles. The normalized spacial score (nSPS) is 26.2. The molecule has 0 spiro atoms. The van der Waals surface area contributed by atoms with Crippen molar-refractivity contribution in [3.8, 4) is 0 Å². The molecule has 2 saturated heterocycles. The number of halogens is 4. The summed E-state index contributed by atoms with van der Waals surface area (Å²) in [7, 11) is -4.04. The van der Waals surface area contributed by atoms with Crippen LogP contribution in [0, 0.1) is 0 Å². The van der Waals surface area contributed by atoms with Gasteiger partial charge in [0, 0.05) is 10.5 Å². The summed E-state index contributed by atoms with van der Waals surface area (Å²) >= 11 is 3.47. The van der Waals surface area contributed by atoms with Gasteiger partial charge in [0.25, 0.3) is 0 Å². The van der Waals surface area contributed by atoms with Crippen molar-refractivity contribution in [3.05, 3.63) is 76.0 Å². The number of hydrogen-bond donors (Lipinski definition) is 1. The van der Waals surface area contributed by atoms with Crippen molar-refractivity contribution in [1.29, 1.82) is 0 Å². The summed E-state index contributed by atoms with van der Waals surface area (Å²) in [5.74, 6) is 0.113. The lowest BCUT2D eigenvalue weighted by Crippen LogP contribution is -2.55. The number of benzene rings is 2. The van der Waals surface area contributed by atoms with E-state index in [4.69, 9.17) is 0 Å². The van der Waals surface area contributed by atoms with E-state index >= 15 is 0 Å². The molecule has 2 fully saturated rings. The molecule has 0 amide bonds. The second-order valence-corrected chi connectivity index (χ2v) is 10.8. The average molecular weight is 516 g/mol. The van der Waals surface area contributed by atoms with E-state index in [0.717, 1.165) is 40.6 Å². The third-order valence-electron chi connectivity index (χ3n) is 6.17. The quantitative estimate of drug-likeness (QED) is 0.509. The Morgan fingerprint density at radius 3 is 2.42 bits per heavy atom. The van der Waals surface area contributed by atoms with Crippen molar-refractivity contribution in [2.75, 3.05) is 0 Å². The number of sulfonamides is 1. The van der Waals surface area contributed by atoms with Crippen LogP contribution in [0.5, 0.6) is 0 Å². The Morgan fingerprint density at radius 2 is 1.81 bits per heavy atom. The topological polar surface area (TPSA) is 57.6 Å². The standard InChI is InChI=1S/C22H21BrF3NO3S/c23-18-3-1-2-14(10-18)16-11-19-7-4-15(13-28)21(12-16)27(19)31(29,30)20-8-5-17(6-9-20)22(24,25)26/h1-3,5-6,8-10,13,16,19,21,28H,4,7,11-12H2. The third kappa shape index (κ3) is 4.27. The Bertz CT molecular complexity index is 1100. The first kappa shape index (κ1) is 22.4. The molecule has 2 aromatic carbocycles. The van der Waals surface area contributed by atoms with Gasteiger partial charge in [0.1, 0.15) is 0 Å². The summed E-state index contributed by atoms with van der Waals surface area (Å²) in [5.41, 5.74) is 0.831. The van der Waals surface area contributed by atoms with Gasteiger partial charge in [-0.1, -0.05) is 28.1 Å². The largest absolute Gasteiger partial charge is 0.516 e. The van der Waals surface area contributed by atoms with Crippen molar-refractivity contribution in [2.45, 2.75) is 54.8 Å². The second-order valence-electron chi connectivity index (χ2n) is 7.99. The highest BCUT2D eigenvalue weighted by Gasteiger charge is 2.47. The SMILES string of the molecule is O=S(=O)(c1ccc(C(F)(F)F)cc1)N1C2CCC(=CO)C1CC(c1cccc(Br)c1)C2. The first-order chi connectivity index (χ1) is 14.6. The fraction of sp³-hybridized carbons (Fsp3) is 0.364. The minimum Gasteiger partial charge on any atom is -0.516 e. The van der Waals surface area contributed by atoms with Gasteiger partial charge in [0.05, 0.1) is 22.8 Å². The molecule has 31 heavy (non-hydrogen) atoms. The van der Waals surface area contributed by atoms with Gasteiger partial charge < -0.3 is 5.11 Å². The van der Waals surface area contributed by atoms with Crippen molar-refractivity contribution in [2.24, 2.45) is 0 Å². The minimum absolute atomic E-state index is 0.113. The van der Waals surface area contributed by atoms with Gasteiger partial charge in [0.15, 0.2) is 0 Å². The predicted octanol–water partition coefficient (Wildman–Crippen LogP) is 6.01. The molecule has 0 aliphatic carbocycles. The molecule has 0 radical (unpaired) electrons. The van der Waals surface area contributed by atoms with Crippen LogP contribution in [0.4, 0.5) is 13.2 Å². The Hall–Kier alpha value is -1.84. The van der Waals surface area contributed by atoms with E-state index in [0.29, 0.717) is 31.3 Å². The molecule has 4 rings (SSSR count). The zero-order chi connectivity index (χ0) is 22.4. The Labute approximate surface area is 187 Å². The van der Waals surface area contributed by atoms with Crippen LogP contribution in [0.2, 0.25) is 0 Å². The van der Waals surface area contributed by atoms with E-state index in [1.807, 2.05) is 24.3 Å². The summed E-state index contributed by atoms with van der Waals surface area (Å²) in [6.45, 7) is 0. The first-order valence-electron chi connectivity index (χ1n) is 9.90. The van der Waals surface area contributed by atoms with Crippen molar-refractivity contribution >= 4 is 26.0 Å². The van der Waals surface area contributed by atoms with E-state index in [-0.39, 0.29) is 16.9 Å². The van der Waals surface area contributed by atoms with Crippen LogP contribution in [-0.4, -0.2) is 29.9 Å². The highest BCUT2D eigenvalue weighted by molar-refractivity contribution is 9.10. The maximum absolute atomic E-state index is 13.4. The molecule has 1 N–H and O–H groups in total. The summed E-state index contributed by atoms with van der Waals surface area (Å²) in [6.07, 6.45) is -1.29. The summed E-state index contributed by atoms with van der Waals surface area (Å²) in [5, 5.41) is 9.77. The van der Waals surface area contributed by atoms with Crippen LogP contribution >= 0.6 is 15.9 Å². The molecule has 2 heterocycles. The molecule has 2 aliphatic heterocycles. The van der Waals surface area contributed by atoms with Gasteiger partial charge in [-0.15, -0.1) is 0 Å².